The molecule has 0 atom stereocenters. The van der Waals surface area contributed by atoms with Gasteiger partial charge in [-0.3, -0.25) is 4.79 Å². The summed E-state index contributed by atoms with van der Waals surface area (Å²) in [6, 6.07) is 12.2. The van der Waals surface area contributed by atoms with Gasteiger partial charge in [-0.05, 0) is 36.4 Å². The van der Waals surface area contributed by atoms with E-state index in [4.69, 9.17) is 0 Å². The van der Waals surface area contributed by atoms with Crippen LogP contribution in [0.3, 0.4) is 0 Å². The number of nitrogens with one attached hydrogen (secondary N) is 1. The van der Waals surface area contributed by atoms with Gasteiger partial charge in [-0.25, -0.2) is 22.4 Å². The Morgan fingerprint density at radius 1 is 1.03 bits per heavy atom. The molecule has 0 spiro atoms. The lowest BCUT2D eigenvalue weighted by Crippen LogP contribution is -2.14. The predicted molar refractivity (Wildman–Crippen MR) is 113 cm³/mol. The first-order valence-corrected chi connectivity index (χ1v) is 11.0. The smallest absolute Gasteiger partial charge is 0.322 e. The van der Waals surface area contributed by atoms with Gasteiger partial charge in [0.15, 0.2) is 5.65 Å². The quantitative estimate of drug-likeness (QED) is 0.493. The molecule has 2 heterocycles. The fourth-order valence-corrected chi connectivity index (χ4v) is 3.95. The van der Waals surface area contributed by atoms with E-state index in [2.05, 4.69) is 15.3 Å². The fraction of sp³-hybridized carbons (Fsp3) is 0.0952. The first kappa shape index (κ1) is 21.5. The number of halogens is 3. The van der Waals surface area contributed by atoms with Gasteiger partial charge in [-0.1, -0.05) is 18.2 Å². The molecule has 4 aromatic rings. The molecule has 0 saturated heterocycles. The molecule has 0 unspecified atom stereocenters. The molecule has 0 radical (unpaired) electrons. The highest BCUT2D eigenvalue weighted by molar-refractivity contribution is 7.89. The minimum Gasteiger partial charge on any atom is -0.322 e. The maximum atomic E-state index is 12.9. The number of carbonyl (C=O) groups is 1. The summed E-state index contributed by atoms with van der Waals surface area (Å²) in [6.07, 6.45) is -0.903. The SMILES string of the molecule is CS(=O)(=O)n1ccc2c(-c3cccc(NC(=O)c4cccc(C(F)(F)F)c4)c3)ncnc21. The molecule has 4 rings (SSSR count). The minimum absolute atomic E-state index is 0.139. The van der Waals surface area contributed by atoms with Gasteiger partial charge in [0.25, 0.3) is 5.91 Å². The van der Waals surface area contributed by atoms with E-state index >= 15 is 0 Å². The van der Waals surface area contributed by atoms with E-state index < -0.39 is 27.7 Å². The van der Waals surface area contributed by atoms with Gasteiger partial charge in [0, 0.05) is 28.4 Å². The molecule has 2 aromatic heterocycles. The summed E-state index contributed by atoms with van der Waals surface area (Å²) in [7, 11) is -3.56. The number of carbonyl (C=O) groups excluding carboxylic acids is 1. The summed E-state index contributed by atoms with van der Waals surface area (Å²) in [4.78, 5) is 20.8. The van der Waals surface area contributed by atoms with Crippen molar-refractivity contribution in [2.45, 2.75) is 6.18 Å². The van der Waals surface area contributed by atoms with E-state index in [0.29, 0.717) is 22.3 Å². The lowest BCUT2D eigenvalue weighted by molar-refractivity contribution is -0.137. The fourth-order valence-electron chi connectivity index (χ4n) is 3.21. The Kier molecular flexibility index (Phi) is 5.21. The molecule has 7 nitrogen and oxygen atoms in total. The molecule has 0 aliphatic rings. The Labute approximate surface area is 180 Å². The molecule has 0 saturated carbocycles. The maximum Gasteiger partial charge on any atom is 0.416 e. The summed E-state index contributed by atoms with van der Waals surface area (Å²) >= 11 is 0. The molecule has 1 N–H and O–H groups in total. The minimum atomic E-state index is -4.56. The highest BCUT2D eigenvalue weighted by Gasteiger charge is 2.30. The van der Waals surface area contributed by atoms with E-state index in [0.717, 1.165) is 28.4 Å². The van der Waals surface area contributed by atoms with Crippen LogP contribution in [0.2, 0.25) is 0 Å². The number of anilines is 1. The summed E-state index contributed by atoms with van der Waals surface area (Å²) in [6.45, 7) is 0. The molecule has 0 fully saturated rings. The van der Waals surface area contributed by atoms with E-state index in [-0.39, 0.29) is 11.2 Å². The third kappa shape index (κ3) is 4.19. The van der Waals surface area contributed by atoms with Crippen LogP contribution in [0.25, 0.3) is 22.3 Å². The number of aromatic nitrogens is 3. The van der Waals surface area contributed by atoms with E-state index in [1.54, 1.807) is 30.3 Å². The van der Waals surface area contributed by atoms with E-state index in [1.807, 2.05) is 0 Å². The number of hydrogen-bond donors (Lipinski definition) is 1. The second-order valence-electron chi connectivity index (χ2n) is 6.95. The Bertz CT molecular complexity index is 1450. The van der Waals surface area contributed by atoms with E-state index in [9.17, 15) is 26.4 Å². The van der Waals surface area contributed by atoms with Crippen LogP contribution in [0.5, 0.6) is 0 Å². The van der Waals surface area contributed by atoms with Crippen molar-refractivity contribution in [2.75, 3.05) is 11.6 Å². The number of amides is 1. The Morgan fingerprint density at radius 2 is 1.78 bits per heavy atom. The second kappa shape index (κ2) is 7.75. The molecule has 11 heteroatoms. The number of benzene rings is 2. The highest BCUT2D eigenvalue weighted by atomic mass is 32.2. The number of alkyl halides is 3. The van der Waals surface area contributed by atoms with Crippen LogP contribution in [-0.4, -0.2) is 34.5 Å². The lowest BCUT2D eigenvalue weighted by atomic mass is 10.1. The van der Waals surface area contributed by atoms with Gasteiger partial charge >= 0.3 is 6.18 Å². The molecule has 0 aliphatic heterocycles. The van der Waals surface area contributed by atoms with Crippen LogP contribution in [0.4, 0.5) is 18.9 Å². The summed E-state index contributed by atoms with van der Waals surface area (Å²) < 4.78 is 63.7. The highest BCUT2D eigenvalue weighted by Crippen LogP contribution is 2.30. The van der Waals surface area contributed by atoms with Crippen LogP contribution in [0.15, 0.2) is 67.1 Å². The van der Waals surface area contributed by atoms with E-state index in [1.165, 1.54) is 18.6 Å². The van der Waals surface area contributed by atoms with Crippen LogP contribution in [0.1, 0.15) is 15.9 Å². The van der Waals surface area contributed by atoms with Crippen molar-refractivity contribution in [1.82, 2.24) is 13.9 Å². The maximum absolute atomic E-state index is 12.9. The summed E-state index contributed by atoms with van der Waals surface area (Å²) in [5.74, 6) is -0.704. The van der Waals surface area contributed by atoms with Gasteiger partial charge in [-0.2, -0.15) is 13.2 Å². The second-order valence-corrected chi connectivity index (χ2v) is 8.81. The van der Waals surface area contributed by atoms with Gasteiger partial charge in [0.1, 0.15) is 6.33 Å². The number of nitrogens with zero attached hydrogens (tertiary/aromatic N) is 3. The summed E-state index contributed by atoms with van der Waals surface area (Å²) in [5, 5.41) is 3.06. The largest absolute Gasteiger partial charge is 0.416 e. The van der Waals surface area contributed by atoms with Crippen molar-refractivity contribution >= 4 is 32.7 Å². The van der Waals surface area contributed by atoms with Gasteiger partial charge in [-0.15, -0.1) is 0 Å². The average molecular weight is 460 g/mol. The molecular weight excluding hydrogens is 445 g/mol. The molecule has 2 aromatic carbocycles. The van der Waals surface area contributed by atoms with Crippen LogP contribution in [0, 0.1) is 0 Å². The topological polar surface area (TPSA) is 94.0 Å². The first-order chi connectivity index (χ1) is 15.0. The predicted octanol–water partition coefficient (Wildman–Crippen LogP) is 4.18. The first-order valence-electron chi connectivity index (χ1n) is 9.16. The Morgan fingerprint density at radius 3 is 2.50 bits per heavy atom. The van der Waals surface area contributed by atoms with Crippen molar-refractivity contribution in [3.8, 4) is 11.3 Å². The van der Waals surface area contributed by atoms with Gasteiger partial charge in [0.2, 0.25) is 10.0 Å². The van der Waals surface area contributed by atoms with Crippen molar-refractivity contribution in [1.29, 1.82) is 0 Å². The van der Waals surface area contributed by atoms with Crippen molar-refractivity contribution < 1.29 is 26.4 Å². The average Bonchev–Trinajstić information content (AvgIpc) is 3.18. The van der Waals surface area contributed by atoms with Gasteiger partial charge in [0.05, 0.1) is 17.5 Å². The van der Waals surface area contributed by atoms with Crippen LogP contribution in [-0.2, 0) is 16.2 Å². The van der Waals surface area contributed by atoms with Crippen molar-refractivity contribution in [3.05, 3.63) is 78.2 Å². The van der Waals surface area contributed by atoms with Crippen molar-refractivity contribution in [2.24, 2.45) is 0 Å². The molecular formula is C21H15F3N4O3S. The third-order valence-corrected chi connectivity index (χ3v) is 5.66. The number of hydrogen-bond acceptors (Lipinski definition) is 5. The van der Waals surface area contributed by atoms with Crippen LogP contribution < -0.4 is 5.32 Å². The zero-order valence-corrected chi connectivity index (χ0v) is 17.3. The summed E-state index contributed by atoms with van der Waals surface area (Å²) in [5.41, 5.74) is 0.478. The molecule has 32 heavy (non-hydrogen) atoms. The zero-order valence-electron chi connectivity index (χ0n) is 16.5. The number of rotatable bonds is 4. The standard InChI is InChI=1S/C21H15F3N4O3S/c1-32(30,31)28-9-8-17-18(25-12-26-19(17)28)13-4-3-7-16(11-13)27-20(29)14-5-2-6-15(10-14)21(22,23)24/h2-12H,1H3,(H,27,29). The number of fused-ring (bicyclic) bond motifs is 1. The Balaban J connectivity index is 1.67. The van der Waals surface area contributed by atoms with Crippen LogP contribution >= 0.6 is 0 Å². The molecule has 0 bridgehead atoms. The third-order valence-electron chi connectivity index (χ3n) is 4.65. The zero-order chi connectivity index (χ0) is 23.1. The van der Waals surface area contributed by atoms with Crippen molar-refractivity contribution in [3.63, 3.8) is 0 Å². The molecule has 0 aliphatic carbocycles. The van der Waals surface area contributed by atoms with Gasteiger partial charge < -0.3 is 5.32 Å². The normalized spacial score (nSPS) is 12.1. The lowest BCUT2D eigenvalue weighted by Gasteiger charge is -2.10. The Hall–Kier alpha value is -3.73. The monoisotopic (exact) mass is 460 g/mol. The molecule has 1 amide bonds. The molecule has 164 valence electrons.